The maximum Gasteiger partial charge on any atom is 0.246 e. The fourth-order valence-corrected chi connectivity index (χ4v) is 5.48. The summed E-state index contributed by atoms with van der Waals surface area (Å²) in [5.41, 5.74) is 0.716. The molecule has 6 rings (SSSR count). The lowest BCUT2D eigenvalue weighted by Gasteiger charge is -2.43. The highest BCUT2D eigenvalue weighted by molar-refractivity contribution is 5.92. The predicted octanol–water partition coefficient (Wildman–Crippen LogP) is 1.99. The average molecular weight is 522 g/mol. The molecule has 3 aromatic rings. The second-order valence-corrected chi connectivity index (χ2v) is 10.6. The van der Waals surface area contributed by atoms with E-state index in [4.69, 9.17) is 14.8 Å². The highest BCUT2D eigenvalue weighted by Crippen LogP contribution is 2.33. The highest BCUT2D eigenvalue weighted by Gasteiger charge is 2.39. The molecule has 3 fully saturated rings. The van der Waals surface area contributed by atoms with Crippen LogP contribution in [-0.2, 0) is 9.53 Å². The molecule has 6 heterocycles. The summed E-state index contributed by atoms with van der Waals surface area (Å²) in [6, 6.07) is 4.08. The zero-order valence-electron chi connectivity index (χ0n) is 21.9. The summed E-state index contributed by atoms with van der Waals surface area (Å²) in [4.78, 5) is 29.7. The van der Waals surface area contributed by atoms with E-state index in [2.05, 4.69) is 48.9 Å². The first kappa shape index (κ1) is 24.8. The molecule has 12 nitrogen and oxygen atoms in total. The summed E-state index contributed by atoms with van der Waals surface area (Å²) in [5, 5.41) is 22.3. The summed E-state index contributed by atoms with van der Waals surface area (Å²) in [6.45, 7) is 7.89. The highest BCUT2D eigenvalue weighted by atomic mass is 16.5. The molecule has 0 saturated carbocycles. The number of ether oxygens (including phenoxy) is 1. The number of pyridine rings is 1. The van der Waals surface area contributed by atoms with E-state index in [1.54, 1.807) is 6.20 Å². The Kier molecular flexibility index (Phi) is 6.52. The van der Waals surface area contributed by atoms with Gasteiger partial charge in [0.05, 0.1) is 22.6 Å². The third-order valence-electron chi connectivity index (χ3n) is 8.02. The van der Waals surface area contributed by atoms with Crippen LogP contribution in [-0.4, -0.2) is 86.8 Å². The Morgan fingerprint density at radius 2 is 2.08 bits per heavy atom. The maximum absolute atomic E-state index is 11.5. The van der Waals surface area contributed by atoms with Crippen molar-refractivity contribution in [2.75, 3.05) is 54.4 Å². The number of aliphatic hydroxyl groups excluding tert-OH is 1. The van der Waals surface area contributed by atoms with Crippen molar-refractivity contribution in [3.05, 3.63) is 24.5 Å². The van der Waals surface area contributed by atoms with Crippen molar-refractivity contribution in [1.82, 2.24) is 30.0 Å². The van der Waals surface area contributed by atoms with Gasteiger partial charge >= 0.3 is 0 Å². The molecule has 3 saturated heterocycles. The number of aliphatic hydroxyl groups is 1. The van der Waals surface area contributed by atoms with Crippen LogP contribution in [0.3, 0.4) is 0 Å². The molecule has 0 aromatic carbocycles. The normalized spacial score (nSPS) is 22.2. The van der Waals surface area contributed by atoms with Gasteiger partial charge in [-0.15, -0.1) is 0 Å². The monoisotopic (exact) mass is 521 g/mol. The topological polar surface area (TPSA) is 134 Å². The molecule has 38 heavy (non-hydrogen) atoms. The van der Waals surface area contributed by atoms with Crippen LogP contribution < -0.4 is 20.4 Å². The number of nitrogens with one attached hydrogen (secondary N) is 2. The van der Waals surface area contributed by atoms with Gasteiger partial charge in [-0.3, -0.25) is 9.48 Å². The SMILES string of the molecule is CC[C@@H](C)n1nc(N2CCC(O)C2)c2cnc(Nc3ccnc(N4CCC5(CC4)CNC(=O)CO5)n3)cc21. The van der Waals surface area contributed by atoms with Crippen LogP contribution in [0, 0.1) is 0 Å². The molecule has 3 aliphatic heterocycles. The first-order chi connectivity index (χ1) is 18.4. The van der Waals surface area contributed by atoms with Crippen molar-refractivity contribution >= 4 is 40.2 Å². The van der Waals surface area contributed by atoms with Crippen LogP contribution >= 0.6 is 0 Å². The number of morpholine rings is 1. The number of fused-ring (bicyclic) bond motifs is 1. The van der Waals surface area contributed by atoms with Gasteiger partial charge in [-0.05, 0) is 38.7 Å². The molecule has 0 aliphatic carbocycles. The Bertz CT molecular complexity index is 1310. The number of aromatic nitrogens is 5. The number of β-amino-alcohol motifs (C(OH)–C–C–N with tert-alkyl or cyclic N) is 1. The average Bonchev–Trinajstić information content (AvgIpc) is 3.54. The molecule has 2 atom stereocenters. The molecule has 1 unspecified atom stereocenters. The van der Waals surface area contributed by atoms with Gasteiger partial charge < -0.3 is 30.3 Å². The number of anilines is 4. The number of hydrogen-bond acceptors (Lipinski definition) is 10. The number of rotatable bonds is 6. The van der Waals surface area contributed by atoms with E-state index in [9.17, 15) is 9.90 Å². The minimum atomic E-state index is -0.318. The van der Waals surface area contributed by atoms with Crippen molar-refractivity contribution in [2.45, 2.75) is 57.3 Å². The van der Waals surface area contributed by atoms with Gasteiger partial charge in [0.2, 0.25) is 11.9 Å². The van der Waals surface area contributed by atoms with E-state index < -0.39 is 0 Å². The molecular formula is C26H35N9O3. The molecule has 1 spiro atoms. The first-order valence-electron chi connectivity index (χ1n) is 13.5. The van der Waals surface area contributed by atoms with Crippen molar-refractivity contribution in [1.29, 1.82) is 0 Å². The molecule has 202 valence electrons. The number of piperidine rings is 1. The summed E-state index contributed by atoms with van der Waals surface area (Å²) in [7, 11) is 0. The lowest BCUT2D eigenvalue weighted by molar-refractivity contribution is -0.146. The largest absolute Gasteiger partial charge is 0.391 e. The lowest BCUT2D eigenvalue weighted by Crippen LogP contribution is -2.57. The van der Waals surface area contributed by atoms with E-state index in [0.717, 1.165) is 62.0 Å². The van der Waals surface area contributed by atoms with Gasteiger partial charge in [0, 0.05) is 57.2 Å². The second-order valence-electron chi connectivity index (χ2n) is 10.6. The van der Waals surface area contributed by atoms with E-state index in [1.807, 2.05) is 18.3 Å². The number of carbonyl (C=O) groups is 1. The Morgan fingerprint density at radius 3 is 2.79 bits per heavy atom. The number of carbonyl (C=O) groups excluding carboxylic acids is 1. The molecular weight excluding hydrogens is 486 g/mol. The summed E-state index contributed by atoms with van der Waals surface area (Å²) >= 11 is 0. The van der Waals surface area contributed by atoms with Crippen LogP contribution in [0.4, 0.5) is 23.4 Å². The lowest BCUT2D eigenvalue weighted by atomic mass is 9.90. The second kappa shape index (κ2) is 9.99. The van der Waals surface area contributed by atoms with E-state index >= 15 is 0 Å². The third kappa shape index (κ3) is 4.73. The first-order valence-corrected chi connectivity index (χ1v) is 13.5. The van der Waals surface area contributed by atoms with E-state index in [1.165, 1.54) is 0 Å². The Labute approximate surface area is 221 Å². The van der Waals surface area contributed by atoms with Crippen LogP contribution in [0.1, 0.15) is 45.6 Å². The van der Waals surface area contributed by atoms with Gasteiger partial charge in [-0.2, -0.15) is 10.1 Å². The third-order valence-corrected chi connectivity index (χ3v) is 8.02. The zero-order chi connectivity index (χ0) is 26.3. The van der Waals surface area contributed by atoms with Crippen LogP contribution in [0.15, 0.2) is 24.5 Å². The molecule has 3 aromatic heterocycles. The van der Waals surface area contributed by atoms with Crippen molar-refractivity contribution in [2.24, 2.45) is 0 Å². The quantitative estimate of drug-likeness (QED) is 0.442. The fourth-order valence-electron chi connectivity index (χ4n) is 5.48. The van der Waals surface area contributed by atoms with Gasteiger partial charge in [0.15, 0.2) is 5.82 Å². The standard InChI is InChI=1S/C26H35N9O3/c1-3-17(2)35-20-12-22(28-13-19(20)24(32-35)34-9-5-18(36)14-34)30-21-4-8-27-25(31-21)33-10-6-26(7-11-33)16-29-23(37)15-38-26/h4,8,12-13,17-18,36H,3,5-7,9-11,14-16H2,1-2H3,(H,29,37)(H,27,28,30,31)/t17-,18?/m1/s1. The van der Waals surface area contributed by atoms with E-state index in [0.29, 0.717) is 30.7 Å². The van der Waals surface area contributed by atoms with Gasteiger partial charge in [-0.25, -0.2) is 9.97 Å². The smallest absolute Gasteiger partial charge is 0.246 e. The minimum absolute atomic E-state index is 0.0507. The van der Waals surface area contributed by atoms with Crippen LogP contribution in [0.25, 0.3) is 10.9 Å². The Hall–Kier alpha value is -3.51. The van der Waals surface area contributed by atoms with E-state index in [-0.39, 0.29) is 30.3 Å². The fraction of sp³-hybridized carbons (Fsp3) is 0.577. The number of amides is 1. The number of hydrogen-bond donors (Lipinski definition) is 3. The summed E-state index contributed by atoms with van der Waals surface area (Å²) in [6.07, 6.45) is 6.62. The molecule has 3 aliphatic rings. The van der Waals surface area contributed by atoms with Gasteiger partial charge in [-0.1, -0.05) is 6.92 Å². The summed E-state index contributed by atoms with van der Waals surface area (Å²) in [5.74, 6) is 2.84. The van der Waals surface area contributed by atoms with Crippen molar-refractivity contribution in [3.8, 4) is 0 Å². The van der Waals surface area contributed by atoms with Crippen molar-refractivity contribution < 1.29 is 14.6 Å². The minimum Gasteiger partial charge on any atom is -0.391 e. The predicted molar refractivity (Wildman–Crippen MR) is 144 cm³/mol. The van der Waals surface area contributed by atoms with Gasteiger partial charge in [0.25, 0.3) is 0 Å². The maximum atomic E-state index is 11.5. The molecule has 0 bridgehead atoms. The van der Waals surface area contributed by atoms with Crippen LogP contribution in [0.5, 0.6) is 0 Å². The summed E-state index contributed by atoms with van der Waals surface area (Å²) < 4.78 is 7.95. The van der Waals surface area contributed by atoms with Crippen LogP contribution in [0.2, 0.25) is 0 Å². The number of nitrogens with zero attached hydrogens (tertiary/aromatic N) is 7. The van der Waals surface area contributed by atoms with Crippen molar-refractivity contribution in [3.63, 3.8) is 0 Å². The zero-order valence-corrected chi connectivity index (χ0v) is 21.9. The van der Waals surface area contributed by atoms with Gasteiger partial charge in [0.1, 0.15) is 18.2 Å². The molecule has 3 N–H and O–H groups in total. The Balaban J connectivity index is 1.20. The molecule has 0 radical (unpaired) electrons. The molecule has 1 amide bonds. The molecule has 12 heteroatoms. The Morgan fingerprint density at radius 1 is 1.24 bits per heavy atom.